The quantitative estimate of drug-likeness (QED) is 0.841. The van der Waals surface area contributed by atoms with Gasteiger partial charge in [-0.2, -0.15) is 16.9 Å². The number of carbonyl (C=O) groups excluding carboxylic acids is 1. The van der Waals surface area contributed by atoms with Crippen molar-refractivity contribution in [2.75, 3.05) is 18.8 Å². The number of carboxylic acids is 1. The van der Waals surface area contributed by atoms with Crippen molar-refractivity contribution in [3.8, 4) is 0 Å². The number of aromatic nitrogens is 2. The number of carboxylic acid groups (broad SMARTS) is 1. The summed E-state index contributed by atoms with van der Waals surface area (Å²) in [6.07, 6.45) is 4.49. The Morgan fingerprint density at radius 3 is 2.46 bits per heavy atom. The van der Waals surface area contributed by atoms with Gasteiger partial charge in [-0.05, 0) is 36.3 Å². The zero-order valence-electron chi connectivity index (χ0n) is 14.8. The fourth-order valence-corrected chi connectivity index (χ4v) is 3.76. The van der Waals surface area contributed by atoms with E-state index in [0.717, 1.165) is 29.9 Å². The molecule has 1 aromatic carbocycles. The van der Waals surface area contributed by atoms with Crippen molar-refractivity contribution >= 4 is 23.6 Å². The maximum absolute atomic E-state index is 12.7. The Morgan fingerprint density at radius 1 is 1.19 bits per heavy atom. The van der Waals surface area contributed by atoms with Gasteiger partial charge in [0.15, 0.2) is 0 Å². The average molecular weight is 373 g/mol. The highest BCUT2D eigenvalue weighted by molar-refractivity contribution is 7.98. The molecule has 0 spiro atoms. The smallest absolute Gasteiger partial charge is 0.338 e. The number of rotatable bonds is 6. The van der Waals surface area contributed by atoms with E-state index in [4.69, 9.17) is 5.11 Å². The molecule has 26 heavy (non-hydrogen) atoms. The predicted octanol–water partition coefficient (Wildman–Crippen LogP) is 3.31. The van der Waals surface area contributed by atoms with Crippen LogP contribution in [0.3, 0.4) is 0 Å². The number of thioether (sulfide) groups is 1. The van der Waals surface area contributed by atoms with Crippen molar-refractivity contribution < 1.29 is 14.7 Å². The summed E-state index contributed by atoms with van der Waals surface area (Å²) in [5.41, 5.74) is 2.16. The lowest BCUT2D eigenvalue weighted by Gasteiger charge is -2.32. The lowest BCUT2D eigenvalue weighted by atomic mass is 10.0. The minimum atomic E-state index is -0.968. The molecule has 6 nitrogen and oxygen atoms in total. The van der Waals surface area contributed by atoms with Crippen LogP contribution in [0.1, 0.15) is 52.1 Å². The SMILES string of the molecule is CCSCc1ccc(C(=O)N2CCC(n3cc(C(=O)O)cn3)CC2)cc1. The molecule has 0 bridgehead atoms. The van der Waals surface area contributed by atoms with Gasteiger partial charge in [-0.25, -0.2) is 4.79 Å². The molecule has 0 atom stereocenters. The van der Waals surface area contributed by atoms with Gasteiger partial charge in [0.2, 0.25) is 0 Å². The van der Waals surface area contributed by atoms with E-state index in [1.54, 1.807) is 10.9 Å². The molecule has 2 heterocycles. The zero-order valence-corrected chi connectivity index (χ0v) is 15.6. The van der Waals surface area contributed by atoms with E-state index in [1.807, 2.05) is 40.9 Å². The fourth-order valence-electron chi connectivity index (χ4n) is 3.13. The predicted molar refractivity (Wildman–Crippen MR) is 102 cm³/mol. The molecule has 138 valence electrons. The molecule has 1 N–H and O–H groups in total. The van der Waals surface area contributed by atoms with Gasteiger partial charge in [-0.1, -0.05) is 19.1 Å². The Labute approximate surface area is 157 Å². The van der Waals surface area contributed by atoms with Crippen LogP contribution < -0.4 is 0 Å². The lowest BCUT2D eigenvalue weighted by Crippen LogP contribution is -2.39. The summed E-state index contributed by atoms with van der Waals surface area (Å²) in [5.74, 6) is 1.15. The van der Waals surface area contributed by atoms with Crippen molar-refractivity contribution in [1.82, 2.24) is 14.7 Å². The molecule has 0 aliphatic carbocycles. The number of hydrogen-bond acceptors (Lipinski definition) is 4. The summed E-state index contributed by atoms with van der Waals surface area (Å²) in [7, 11) is 0. The van der Waals surface area contributed by atoms with Crippen LogP contribution in [0.15, 0.2) is 36.7 Å². The van der Waals surface area contributed by atoms with Crippen LogP contribution in [0.2, 0.25) is 0 Å². The van der Waals surface area contributed by atoms with Crippen LogP contribution in [0.5, 0.6) is 0 Å². The summed E-state index contributed by atoms with van der Waals surface area (Å²) >= 11 is 1.86. The van der Waals surface area contributed by atoms with Gasteiger partial charge < -0.3 is 10.0 Å². The molecule has 3 rings (SSSR count). The zero-order chi connectivity index (χ0) is 18.5. The van der Waals surface area contributed by atoms with Gasteiger partial charge in [-0.3, -0.25) is 9.48 Å². The van der Waals surface area contributed by atoms with Crippen molar-refractivity contribution in [3.63, 3.8) is 0 Å². The molecule has 1 aliphatic heterocycles. The van der Waals surface area contributed by atoms with Gasteiger partial charge in [0.1, 0.15) is 0 Å². The fraction of sp³-hybridized carbons (Fsp3) is 0.421. The van der Waals surface area contributed by atoms with Crippen LogP contribution in [0.25, 0.3) is 0 Å². The average Bonchev–Trinajstić information content (AvgIpc) is 3.17. The summed E-state index contributed by atoms with van der Waals surface area (Å²) in [4.78, 5) is 25.5. The van der Waals surface area contributed by atoms with Crippen LogP contribution in [0, 0.1) is 0 Å². The van der Waals surface area contributed by atoms with E-state index in [1.165, 1.54) is 11.8 Å². The standard InChI is InChI=1S/C19H23N3O3S/c1-2-26-13-14-3-5-15(6-4-14)18(23)21-9-7-17(8-10-21)22-12-16(11-20-22)19(24)25/h3-6,11-12,17H,2,7-10,13H2,1H3,(H,24,25). The molecule has 1 aromatic heterocycles. The van der Waals surface area contributed by atoms with E-state index in [9.17, 15) is 9.59 Å². The summed E-state index contributed by atoms with van der Waals surface area (Å²) in [5, 5.41) is 13.2. The van der Waals surface area contributed by atoms with E-state index in [-0.39, 0.29) is 17.5 Å². The number of amides is 1. The third-order valence-corrected chi connectivity index (χ3v) is 5.59. The highest BCUT2D eigenvalue weighted by Crippen LogP contribution is 2.23. The Kier molecular flexibility index (Phi) is 5.98. The third kappa shape index (κ3) is 4.27. The number of nitrogens with zero attached hydrogens (tertiary/aromatic N) is 3. The first-order chi connectivity index (χ1) is 12.6. The molecular formula is C19H23N3O3S. The van der Waals surface area contributed by atoms with Crippen LogP contribution in [-0.2, 0) is 5.75 Å². The highest BCUT2D eigenvalue weighted by Gasteiger charge is 2.25. The second kappa shape index (κ2) is 8.40. The van der Waals surface area contributed by atoms with E-state index in [2.05, 4.69) is 12.0 Å². The number of hydrogen-bond donors (Lipinski definition) is 1. The first kappa shape index (κ1) is 18.5. The molecule has 2 aromatic rings. The molecule has 0 saturated carbocycles. The Bertz CT molecular complexity index is 765. The topological polar surface area (TPSA) is 75.4 Å². The molecule has 1 aliphatic rings. The second-order valence-corrected chi connectivity index (χ2v) is 7.65. The van der Waals surface area contributed by atoms with E-state index < -0.39 is 5.97 Å². The van der Waals surface area contributed by atoms with Gasteiger partial charge in [0.05, 0.1) is 17.8 Å². The number of benzene rings is 1. The maximum atomic E-state index is 12.7. The summed E-state index contributed by atoms with van der Waals surface area (Å²) in [6.45, 7) is 3.44. The summed E-state index contributed by atoms with van der Waals surface area (Å²) < 4.78 is 1.71. The number of piperidine rings is 1. The molecule has 0 unspecified atom stereocenters. The summed E-state index contributed by atoms with van der Waals surface area (Å²) in [6, 6.07) is 8.01. The van der Waals surface area contributed by atoms with Crippen molar-refractivity contribution in [2.24, 2.45) is 0 Å². The highest BCUT2D eigenvalue weighted by atomic mass is 32.2. The number of likely N-dealkylation sites (tertiary alicyclic amines) is 1. The molecule has 7 heteroatoms. The van der Waals surface area contributed by atoms with E-state index in [0.29, 0.717) is 13.1 Å². The van der Waals surface area contributed by atoms with Gasteiger partial charge in [0, 0.05) is 30.6 Å². The molecule has 0 radical (unpaired) electrons. The Balaban J connectivity index is 1.56. The maximum Gasteiger partial charge on any atom is 0.338 e. The van der Waals surface area contributed by atoms with Crippen LogP contribution in [-0.4, -0.2) is 50.5 Å². The third-order valence-electron chi connectivity index (χ3n) is 4.65. The number of carbonyl (C=O) groups is 2. The Hall–Kier alpha value is -2.28. The van der Waals surface area contributed by atoms with Crippen LogP contribution in [0.4, 0.5) is 0 Å². The largest absolute Gasteiger partial charge is 0.478 e. The first-order valence-electron chi connectivity index (χ1n) is 8.82. The monoisotopic (exact) mass is 373 g/mol. The molecule has 1 amide bonds. The minimum Gasteiger partial charge on any atom is -0.478 e. The molecular weight excluding hydrogens is 350 g/mol. The molecule has 1 fully saturated rings. The minimum absolute atomic E-state index is 0.0600. The lowest BCUT2D eigenvalue weighted by molar-refractivity contribution is 0.0688. The Morgan fingerprint density at radius 2 is 1.88 bits per heavy atom. The number of aromatic carboxylic acids is 1. The molecule has 1 saturated heterocycles. The van der Waals surface area contributed by atoms with Crippen LogP contribution >= 0.6 is 11.8 Å². The van der Waals surface area contributed by atoms with Crippen molar-refractivity contribution in [2.45, 2.75) is 31.6 Å². The van der Waals surface area contributed by atoms with Gasteiger partial charge in [0.25, 0.3) is 5.91 Å². The van der Waals surface area contributed by atoms with Gasteiger partial charge in [-0.15, -0.1) is 0 Å². The normalized spacial score (nSPS) is 15.2. The second-order valence-electron chi connectivity index (χ2n) is 6.37. The van der Waals surface area contributed by atoms with Crippen molar-refractivity contribution in [1.29, 1.82) is 0 Å². The van der Waals surface area contributed by atoms with Crippen molar-refractivity contribution in [3.05, 3.63) is 53.3 Å². The van der Waals surface area contributed by atoms with E-state index >= 15 is 0 Å². The first-order valence-corrected chi connectivity index (χ1v) is 9.97. The van der Waals surface area contributed by atoms with Gasteiger partial charge >= 0.3 is 5.97 Å².